The normalized spacial score (nSPS) is 15.2. The minimum atomic E-state index is -1.71. The molecule has 0 radical (unpaired) electrons. The Bertz CT molecular complexity index is 1130. The van der Waals surface area contributed by atoms with Crippen molar-refractivity contribution in [2.24, 2.45) is 0 Å². The van der Waals surface area contributed by atoms with Crippen LogP contribution in [0, 0.1) is 0 Å². The van der Waals surface area contributed by atoms with Gasteiger partial charge in [0.05, 0.1) is 66.1 Å². The molecule has 0 saturated carbocycles. The zero-order chi connectivity index (χ0) is 36.7. The third-order valence-corrected chi connectivity index (χ3v) is 25.1. The van der Waals surface area contributed by atoms with Crippen molar-refractivity contribution in [2.75, 3.05) is 79.3 Å². The molecule has 50 heavy (non-hydrogen) atoms. The van der Waals surface area contributed by atoms with E-state index in [1.807, 2.05) is 0 Å². The molecule has 2 aromatic rings. The van der Waals surface area contributed by atoms with Crippen LogP contribution in [0.5, 0.6) is 11.5 Å². The van der Waals surface area contributed by atoms with Crippen LogP contribution in [0.15, 0.2) is 48.5 Å². The fraction of sp³-hybridized carbons (Fsp3) is 0.692. The Morgan fingerprint density at radius 1 is 0.460 bits per heavy atom. The largest absolute Gasteiger partial charge is 0.491 e. The van der Waals surface area contributed by atoms with Crippen LogP contribution >= 0.6 is 0 Å². The molecule has 0 bridgehead atoms. The van der Waals surface area contributed by atoms with Gasteiger partial charge in [0.1, 0.15) is 32.8 Å². The van der Waals surface area contributed by atoms with Crippen molar-refractivity contribution in [3.05, 3.63) is 48.5 Å². The number of rotatable bonds is 24. The molecule has 11 heteroatoms. The smallest absolute Gasteiger partial charge is 0.192 e. The van der Waals surface area contributed by atoms with Crippen LogP contribution < -0.4 is 19.8 Å². The zero-order valence-electron chi connectivity index (χ0n) is 33.0. The third kappa shape index (κ3) is 13.5. The van der Waals surface area contributed by atoms with E-state index in [1.54, 1.807) is 0 Å². The second-order valence-corrected chi connectivity index (χ2v) is 30.3. The van der Waals surface area contributed by atoms with Gasteiger partial charge in [0.2, 0.25) is 0 Å². The van der Waals surface area contributed by atoms with Crippen LogP contribution in [-0.2, 0) is 27.8 Å². The number of hydrogen-bond donors (Lipinski definition) is 0. The quantitative estimate of drug-likeness (QED) is 0.0807. The van der Waals surface area contributed by atoms with E-state index in [1.165, 1.54) is 28.9 Å². The molecule has 1 aliphatic heterocycles. The fourth-order valence-corrected chi connectivity index (χ4v) is 11.5. The predicted molar refractivity (Wildman–Crippen MR) is 213 cm³/mol. The molecule has 1 heterocycles. The topological polar surface area (TPSA) is 73.8 Å². The van der Waals surface area contributed by atoms with Gasteiger partial charge in [-0.1, -0.05) is 82.6 Å². The minimum absolute atomic E-state index is 0.217. The van der Waals surface area contributed by atoms with E-state index in [-0.39, 0.29) is 10.1 Å². The summed E-state index contributed by atoms with van der Waals surface area (Å²) in [6.07, 6.45) is 1.29. The van der Waals surface area contributed by atoms with Gasteiger partial charge >= 0.3 is 0 Å². The number of benzene rings is 2. The molecule has 8 nitrogen and oxygen atoms in total. The van der Waals surface area contributed by atoms with Crippen molar-refractivity contribution in [3.63, 3.8) is 0 Å². The van der Waals surface area contributed by atoms with E-state index >= 15 is 0 Å². The maximum absolute atomic E-state index is 6.14. The molecule has 1 fully saturated rings. The van der Waals surface area contributed by atoms with Crippen molar-refractivity contribution >= 4 is 35.1 Å². The highest BCUT2D eigenvalue weighted by Crippen LogP contribution is 2.37. The molecule has 2 aromatic carbocycles. The first kappa shape index (κ1) is 42.9. The van der Waals surface area contributed by atoms with Crippen LogP contribution in [0.3, 0.4) is 0 Å². The van der Waals surface area contributed by atoms with Gasteiger partial charge in [0.15, 0.2) is 16.6 Å². The van der Waals surface area contributed by atoms with Crippen LogP contribution in [0.25, 0.3) is 0 Å². The molecule has 0 amide bonds. The Morgan fingerprint density at radius 3 is 1.04 bits per heavy atom. The van der Waals surface area contributed by atoms with E-state index in [0.29, 0.717) is 79.3 Å². The number of hydrogen-bond acceptors (Lipinski definition) is 8. The first-order valence-electron chi connectivity index (χ1n) is 18.6. The predicted octanol–water partition coefficient (Wildman–Crippen LogP) is 7.52. The zero-order valence-corrected chi connectivity index (χ0v) is 36.0. The van der Waals surface area contributed by atoms with E-state index in [2.05, 4.69) is 116 Å². The highest BCUT2D eigenvalue weighted by Gasteiger charge is 2.43. The average Bonchev–Trinajstić information content (AvgIpc) is 3.02. The van der Waals surface area contributed by atoms with Gasteiger partial charge in [-0.05, 0) is 72.6 Å². The molecule has 0 atom stereocenters. The van der Waals surface area contributed by atoms with Gasteiger partial charge in [-0.15, -0.1) is 0 Å². The molecule has 3 rings (SSSR count). The molecule has 0 unspecified atom stereocenters. The maximum atomic E-state index is 6.14. The summed E-state index contributed by atoms with van der Waals surface area (Å²) in [4.78, 5) is 0. The van der Waals surface area contributed by atoms with Crippen molar-refractivity contribution in [2.45, 2.75) is 96.3 Å². The molecule has 1 aliphatic rings. The SMILES string of the molecule is CC(C)(C)[Si](C)(C)OCCOCCOCCOc1ccc([Si]2(c3ccc(OCCOCCOCCO[Si](C)(C)C(C)(C)C)cc3)CCC2)cc1. The third-order valence-electron chi connectivity index (χ3n) is 10.8. The lowest BCUT2D eigenvalue weighted by Crippen LogP contribution is -2.62. The van der Waals surface area contributed by atoms with Crippen molar-refractivity contribution < 1.29 is 37.3 Å². The second-order valence-electron chi connectivity index (χ2n) is 16.3. The molecule has 0 aliphatic carbocycles. The molecule has 1 saturated heterocycles. The number of ether oxygens (including phenoxy) is 6. The molecular formula is C39H68O8Si3. The fourth-order valence-electron chi connectivity index (χ4n) is 5.24. The Morgan fingerprint density at radius 2 is 0.760 bits per heavy atom. The summed E-state index contributed by atoms with van der Waals surface area (Å²) in [6.45, 7) is 29.4. The average molecular weight is 749 g/mol. The Hall–Kier alpha value is -1.55. The van der Waals surface area contributed by atoms with Gasteiger partial charge in [0.25, 0.3) is 0 Å². The Kier molecular flexibility index (Phi) is 17.2. The summed E-state index contributed by atoms with van der Waals surface area (Å²) in [7, 11) is -5.13. The lowest BCUT2D eigenvalue weighted by molar-refractivity contribution is 0.0260. The van der Waals surface area contributed by atoms with E-state index in [9.17, 15) is 0 Å². The van der Waals surface area contributed by atoms with E-state index in [0.717, 1.165) is 11.5 Å². The van der Waals surface area contributed by atoms with E-state index in [4.69, 9.17) is 37.3 Å². The van der Waals surface area contributed by atoms with Gasteiger partial charge in [-0.2, -0.15) is 0 Å². The summed E-state index contributed by atoms with van der Waals surface area (Å²) >= 11 is 0. The summed E-state index contributed by atoms with van der Waals surface area (Å²) in [6, 6.07) is 20.1. The Labute approximate surface area is 307 Å². The lowest BCUT2D eigenvalue weighted by atomic mass is 10.2. The summed E-state index contributed by atoms with van der Waals surface area (Å²) < 4.78 is 47.0. The van der Waals surface area contributed by atoms with Gasteiger partial charge in [-0.25, -0.2) is 0 Å². The lowest BCUT2D eigenvalue weighted by Gasteiger charge is -2.41. The van der Waals surface area contributed by atoms with Gasteiger partial charge in [-0.3, -0.25) is 0 Å². The summed E-state index contributed by atoms with van der Waals surface area (Å²) in [5.41, 5.74) is 0. The first-order chi connectivity index (χ1) is 23.6. The molecule has 284 valence electrons. The van der Waals surface area contributed by atoms with Crippen LogP contribution in [-0.4, -0.2) is 104 Å². The van der Waals surface area contributed by atoms with Crippen molar-refractivity contribution in [3.8, 4) is 11.5 Å². The highest BCUT2D eigenvalue weighted by atomic mass is 28.4. The van der Waals surface area contributed by atoms with Crippen molar-refractivity contribution in [1.29, 1.82) is 0 Å². The van der Waals surface area contributed by atoms with Gasteiger partial charge < -0.3 is 37.3 Å². The molecule has 0 aromatic heterocycles. The Balaban J connectivity index is 1.27. The summed E-state index contributed by atoms with van der Waals surface area (Å²) in [5.74, 6) is 1.76. The first-order valence-corrected chi connectivity index (χ1v) is 26.9. The molecular weight excluding hydrogens is 681 g/mol. The minimum Gasteiger partial charge on any atom is -0.491 e. The monoisotopic (exact) mass is 748 g/mol. The molecule has 0 spiro atoms. The van der Waals surface area contributed by atoms with Crippen molar-refractivity contribution in [1.82, 2.24) is 0 Å². The van der Waals surface area contributed by atoms with Gasteiger partial charge in [0, 0.05) is 0 Å². The van der Waals surface area contributed by atoms with E-state index < -0.39 is 24.7 Å². The maximum Gasteiger partial charge on any atom is 0.192 e. The van der Waals surface area contributed by atoms with Crippen LogP contribution in [0.1, 0.15) is 48.0 Å². The second kappa shape index (κ2) is 20.1. The summed E-state index contributed by atoms with van der Waals surface area (Å²) in [5, 5.41) is 3.38. The standard InChI is InChI=1S/C39H68O8Si3/c1-38(2,3)48(7,8)46-30-26-42-22-20-40-24-28-44-34-12-16-36(17-13-34)50(32-11-33-50)37-18-14-35(15-19-37)45-29-25-41-21-23-43-27-31-47-49(9,10)39(4,5)6/h12-19H,11,20-33H2,1-10H3. The van der Waals surface area contributed by atoms with Crippen LogP contribution in [0.4, 0.5) is 0 Å². The molecule has 0 N–H and O–H groups in total. The highest BCUT2D eigenvalue weighted by molar-refractivity contribution is 7.04. The van der Waals surface area contributed by atoms with Crippen LogP contribution in [0.2, 0.25) is 48.4 Å².